The first-order chi connectivity index (χ1) is 6.79. The van der Waals surface area contributed by atoms with Crippen molar-refractivity contribution >= 4 is 5.91 Å². The highest BCUT2D eigenvalue weighted by atomic mass is 16.5. The number of nitrogens with one attached hydrogen (secondary N) is 1. The Kier molecular flexibility index (Phi) is 2.26. The zero-order valence-electron chi connectivity index (χ0n) is 7.87. The summed E-state index contributed by atoms with van der Waals surface area (Å²) in [5.74, 6) is 1.41. The Morgan fingerprint density at radius 2 is 2.36 bits per heavy atom. The van der Waals surface area contributed by atoms with Gasteiger partial charge < -0.3 is 14.8 Å². The van der Waals surface area contributed by atoms with Crippen LogP contribution in [0.25, 0.3) is 0 Å². The Balaban J connectivity index is 2.31. The largest absolute Gasteiger partial charge is 0.497 e. The average Bonchev–Trinajstić information content (AvgIpc) is 2.40. The Labute approximate surface area is 81.8 Å². The van der Waals surface area contributed by atoms with Gasteiger partial charge in [0.1, 0.15) is 11.5 Å². The fraction of sp³-hybridized carbons (Fsp3) is 0.300. The SMILES string of the molecule is COc1ccc2c(c1)CNC(=O)CO2. The number of carbonyl (C=O) groups excluding carboxylic acids is 1. The number of fused-ring (bicyclic) bond motifs is 1. The topological polar surface area (TPSA) is 47.6 Å². The van der Waals surface area contributed by atoms with Crippen molar-refractivity contribution in [3.63, 3.8) is 0 Å². The van der Waals surface area contributed by atoms with Gasteiger partial charge in [0, 0.05) is 12.1 Å². The Bertz CT molecular complexity index is 362. The van der Waals surface area contributed by atoms with Crippen LogP contribution in [-0.2, 0) is 11.3 Å². The van der Waals surface area contributed by atoms with E-state index in [0.29, 0.717) is 6.54 Å². The molecule has 4 heteroatoms. The minimum Gasteiger partial charge on any atom is -0.497 e. The number of ether oxygens (including phenoxy) is 2. The summed E-state index contributed by atoms with van der Waals surface area (Å²) < 4.78 is 10.4. The third kappa shape index (κ3) is 1.64. The lowest BCUT2D eigenvalue weighted by atomic mass is 10.2. The van der Waals surface area contributed by atoms with Crippen LogP contribution in [0.4, 0.5) is 0 Å². The molecule has 0 saturated heterocycles. The van der Waals surface area contributed by atoms with E-state index in [9.17, 15) is 4.79 Å². The first-order valence-corrected chi connectivity index (χ1v) is 4.36. The van der Waals surface area contributed by atoms with Gasteiger partial charge in [-0.25, -0.2) is 0 Å². The molecule has 1 amide bonds. The predicted octanol–water partition coefficient (Wildman–Crippen LogP) is 0.704. The van der Waals surface area contributed by atoms with Crippen LogP contribution in [-0.4, -0.2) is 19.6 Å². The number of hydrogen-bond donors (Lipinski definition) is 1. The van der Waals surface area contributed by atoms with E-state index in [1.165, 1.54) is 0 Å². The van der Waals surface area contributed by atoms with Crippen LogP contribution >= 0.6 is 0 Å². The number of methoxy groups -OCH3 is 1. The summed E-state index contributed by atoms with van der Waals surface area (Å²) in [6.45, 7) is 0.574. The molecule has 1 N–H and O–H groups in total. The number of amides is 1. The van der Waals surface area contributed by atoms with E-state index in [2.05, 4.69) is 5.32 Å². The molecule has 0 atom stereocenters. The van der Waals surface area contributed by atoms with Crippen LogP contribution in [0.2, 0.25) is 0 Å². The van der Waals surface area contributed by atoms with E-state index in [0.717, 1.165) is 17.1 Å². The van der Waals surface area contributed by atoms with Gasteiger partial charge in [0.05, 0.1) is 7.11 Å². The third-order valence-corrected chi connectivity index (χ3v) is 2.10. The number of rotatable bonds is 1. The lowest BCUT2D eigenvalue weighted by Crippen LogP contribution is -2.25. The van der Waals surface area contributed by atoms with Gasteiger partial charge >= 0.3 is 0 Å². The lowest BCUT2D eigenvalue weighted by Gasteiger charge is -2.07. The molecule has 0 spiro atoms. The van der Waals surface area contributed by atoms with Crippen molar-refractivity contribution in [3.8, 4) is 11.5 Å². The van der Waals surface area contributed by atoms with Crippen LogP contribution in [0.1, 0.15) is 5.56 Å². The molecule has 74 valence electrons. The minimum atomic E-state index is -0.0971. The first-order valence-electron chi connectivity index (χ1n) is 4.36. The van der Waals surface area contributed by atoms with Crippen molar-refractivity contribution < 1.29 is 14.3 Å². The monoisotopic (exact) mass is 193 g/mol. The fourth-order valence-electron chi connectivity index (χ4n) is 1.35. The van der Waals surface area contributed by atoms with Crippen molar-refractivity contribution in [3.05, 3.63) is 23.8 Å². The molecule has 14 heavy (non-hydrogen) atoms. The van der Waals surface area contributed by atoms with Gasteiger partial charge in [0.2, 0.25) is 0 Å². The van der Waals surface area contributed by atoms with Gasteiger partial charge in [-0.2, -0.15) is 0 Å². The summed E-state index contributed by atoms with van der Waals surface area (Å²) in [4.78, 5) is 11.0. The quantitative estimate of drug-likeness (QED) is 0.714. The number of hydrogen-bond acceptors (Lipinski definition) is 3. The molecule has 0 saturated carbocycles. The molecule has 0 aliphatic carbocycles. The molecule has 1 aromatic carbocycles. The van der Waals surface area contributed by atoms with Gasteiger partial charge in [0.25, 0.3) is 5.91 Å². The molecule has 0 bridgehead atoms. The molecule has 4 nitrogen and oxygen atoms in total. The van der Waals surface area contributed by atoms with Crippen LogP contribution in [0.5, 0.6) is 11.5 Å². The van der Waals surface area contributed by atoms with Crippen LogP contribution in [0.3, 0.4) is 0 Å². The smallest absolute Gasteiger partial charge is 0.258 e. The maximum atomic E-state index is 11.0. The van der Waals surface area contributed by atoms with E-state index in [-0.39, 0.29) is 12.5 Å². The maximum absolute atomic E-state index is 11.0. The molecule has 1 aliphatic rings. The van der Waals surface area contributed by atoms with Gasteiger partial charge in [-0.05, 0) is 18.2 Å². The molecule has 0 unspecified atom stereocenters. The average molecular weight is 193 g/mol. The molecule has 0 aromatic heterocycles. The number of carbonyl (C=O) groups is 1. The highest BCUT2D eigenvalue weighted by Gasteiger charge is 2.13. The van der Waals surface area contributed by atoms with Gasteiger partial charge in [-0.3, -0.25) is 4.79 Å². The minimum absolute atomic E-state index is 0.0827. The van der Waals surface area contributed by atoms with Crippen LogP contribution in [0, 0.1) is 0 Å². The molecule has 1 aromatic rings. The normalized spacial score (nSPS) is 14.8. The van der Waals surface area contributed by atoms with Gasteiger partial charge in [-0.15, -0.1) is 0 Å². The third-order valence-electron chi connectivity index (χ3n) is 2.10. The summed E-state index contributed by atoms with van der Waals surface area (Å²) in [6, 6.07) is 5.49. The molecule has 0 radical (unpaired) electrons. The summed E-state index contributed by atoms with van der Waals surface area (Å²) in [7, 11) is 1.61. The van der Waals surface area contributed by atoms with Crippen molar-refractivity contribution in [2.75, 3.05) is 13.7 Å². The molecule has 1 heterocycles. The van der Waals surface area contributed by atoms with Gasteiger partial charge in [0.15, 0.2) is 6.61 Å². The maximum Gasteiger partial charge on any atom is 0.258 e. The zero-order chi connectivity index (χ0) is 9.97. The van der Waals surface area contributed by atoms with E-state index >= 15 is 0 Å². The highest BCUT2D eigenvalue weighted by molar-refractivity contribution is 5.78. The Hall–Kier alpha value is -1.71. The lowest BCUT2D eigenvalue weighted by molar-refractivity contribution is -0.122. The molecule has 1 aliphatic heterocycles. The van der Waals surface area contributed by atoms with E-state index in [1.54, 1.807) is 7.11 Å². The van der Waals surface area contributed by atoms with E-state index in [1.807, 2.05) is 18.2 Å². The Morgan fingerprint density at radius 3 is 3.14 bits per heavy atom. The summed E-state index contributed by atoms with van der Waals surface area (Å²) in [5, 5.41) is 2.73. The second-order valence-electron chi connectivity index (χ2n) is 3.04. The van der Waals surface area contributed by atoms with E-state index < -0.39 is 0 Å². The Morgan fingerprint density at radius 1 is 1.50 bits per heavy atom. The van der Waals surface area contributed by atoms with Crippen molar-refractivity contribution in [2.24, 2.45) is 0 Å². The second-order valence-corrected chi connectivity index (χ2v) is 3.04. The molecule has 2 rings (SSSR count). The van der Waals surface area contributed by atoms with Gasteiger partial charge in [-0.1, -0.05) is 0 Å². The fourth-order valence-corrected chi connectivity index (χ4v) is 1.35. The van der Waals surface area contributed by atoms with Crippen LogP contribution in [0.15, 0.2) is 18.2 Å². The van der Waals surface area contributed by atoms with Crippen molar-refractivity contribution in [2.45, 2.75) is 6.54 Å². The highest BCUT2D eigenvalue weighted by Crippen LogP contribution is 2.25. The van der Waals surface area contributed by atoms with Crippen molar-refractivity contribution in [1.29, 1.82) is 0 Å². The summed E-state index contributed by atoms with van der Waals surface area (Å²) >= 11 is 0. The summed E-state index contributed by atoms with van der Waals surface area (Å²) in [5.41, 5.74) is 0.940. The number of benzene rings is 1. The second kappa shape index (κ2) is 3.57. The van der Waals surface area contributed by atoms with E-state index in [4.69, 9.17) is 9.47 Å². The molecular weight excluding hydrogens is 182 g/mol. The standard InChI is InChI=1S/C10H11NO3/c1-13-8-2-3-9-7(4-8)5-11-10(12)6-14-9/h2-4H,5-6H2,1H3,(H,11,12). The van der Waals surface area contributed by atoms with Crippen molar-refractivity contribution in [1.82, 2.24) is 5.32 Å². The molecule has 0 fully saturated rings. The molecular formula is C10H11NO3. The van der Waals surface area contributed by atoms with Crippen LogP contribution < -0.4 is 14.8 Å². The predicted molar refractivity (Wildman–Crippen MR) is 50.3 cm³/mol. The summed E-state index contributed by atoms with van der Waals surface area (Å²) in [6.07, 6.45) is 0. The first kappa shape index (κ1) is 8.87. The zero-order valence-corrected chi connectivity index (χ0v) is 7.87.